The van der Waals surface area contributed by atoms with Gasteiger partial charge in [0.2, 0.25) is 5.91 Å². The molecular formula is C15H20N2O2S. The molecule has 4 nitrogen and oxygen atoms in total. The van der Waals surface area contributed by atoms with Gasteiger partial charge in [-0.1, -0.05) is 38.2 Å². The van der Waals surface area contributed by atoms with Crippen molar-refractivity contribution in [2.45, 2.75) is 20.3 Å². The summed E-state index contributed by atoms with van der Waals surface area (Å²) in [6, 6.07) is 7.58. The zero-order valence-electron chi connectivity index (χ0n) is 11.8. The third-order valence-corrected chi connectivity index (χ3v) is 3.70. The highest BCUT2D eigenvalue weighted by molar-refractivity contribution is 7.80. The number of fused-ring (bicyclic) bond motifs is 1. The number of nitrogens with zero attached hydrogens (tertiary/aromatic N) is 1. The summed E-state index contributed by atoms with van der Waals surface area (Å²) in [6.45, 7) is 5.16. The Balaban J connectivity index is 2.36. The van der Waals surface area contributed by atoms with Gasteiger partial charge in [-0.15, -0.1) is 0 Å². The maximum atomic E-state index is 12.8. The highest BCUT2D eigenvalue weighted by atomic mass is 32.1. The molecule has 1 aliphatic heterocycles. The van der Waals surface area contributed by atoms with Crippen LogP contribution in [0.1, 0.15) is 20.3 Å². The SMILES string of the molecule is CC(C)C(C(=O)N1CCCOc2ccccc21)C(N)=S. The van der Waals surface area contributed by atoms with Crippen molar-refractivity contribution in [3.63, 3.8) is 0 Å². The molecule has 0 spiro atoms. The largest absolute Gasteiger partial charge is 0.491 e. The number of nitrogens with two attached hydrogens (primary N) is 1. The van der Waals surface area contributed by atoms with Crippen LogP contribution in [0.3, 0.4) is 0 Å². The van der Waals surface area contributed by atoms with Crippen LogP contribution in [0, 0.1) is 11.8 Å². The summed E-state index contributed by atoms with van der Waals surface area (Å²) in [5.41, 5.74) is 6.56. The first-order chi connectivity index (χ1) is 9.52. The van der Waals surface area contributed by atoms with Gasteiger partial charge >= 0.3 is 0 Å². The number of hydrogen-bond donors (Lipinski definition) is 1. The molecule has 2 N–H and O–H groups in total. The lowest BCUT2D eigenvalue weighted by molar-refractivity contribution is -0.121. The first-order valence-electron chi connectivity index (χ1n) is 6.85. The molecule has 0 aromatic heterocycles. The molecule has 108 valence electrons. The van der Waals surface area contributed by atoms with E-state index in [2.05, 4.69) is 0 Å². The average Bonchev–Trinajstić information content (AvgIpc) is 2.59. The van der Waals surface area contributed by atoms with Crippen LogP contribution in [0.15, 0.2) is 24.3 Å². The molecule has 20 heavy (non-hydrogen) atoms. The molecule has 0 bridgehead atoms. The smallest absolute Gasteiger partial charge is 0.237 e. The Labute approximate surface area is 124 Å². The number of carbonyl (C=O) groups is 1. The van der Waals surface area contributed by atoms with Gasteiger partial charge in [-0.05, 0) is 24.5 Å². The van der Waals surface area contributed by atoms with Gasteiger partial charge in [-0.3, -0.25) is 4.79 Å². The van der Waals surface area contributed by atoms with Gasteiger partial charge in [0.1, 0.15) is 5.75 Å². The number of rotatable bonds is 3. The predicted molar refractivity (Wildman–Crippen MR) is 84.0 cm³/mol. The van der Waals surface area contributed by atoms with Crippen LogP contribution in [-0.4, -0.2) is 24.0 Å². The number of carbonyl (C=O) groups excluding carboxylic acids is 1. The molecule has 0 radical (unpaired) electrons. The minimum absolute atomic E-state index is 0.0366. The summed E-state index contributed by atoms with van der Waals surface area (Å²) >= 11 is 5.07. The Morgan fingerprint density at radius 3 is 2.75 bits per heavy atom. The molecule has 1 aromatic rings. The topological polar surface area (TPSA) is 55.6 Å². The average molecular weight is 292 g/mol. The summed E-state index contributed by atoms with van der Waals surface area (Å²) in [5.74, 6) is 0.349. The summed E-state index contributed by atoms with van der Waals surface area (Å²) < 4.78 is 5.67. The van der Waals surface area contributed by atoms with Gasteiger partial charge in [-0.2, -0.15) is 0 Å². The highest BCUT2D eigenvalue weighted by Gasteiger charge is 2.32. The predicted octanol–water partition coefficient (Wildman–Crippen LogP) is 2.36. The van der Waals surface area contributed by atoms with Gasteiger partial charge in [0.05, 0.1) is 23.2 Å². The molecule has 1 aromatic carbocycles. The molecule has 0 saturated carbocycles. The van der Waals surface area contributed by atoms with E-state index in [1.165, 1.54) is 0 Å². The van der Waals surface area contributed by atoms with E-state index in [0.29, 0.717) is 13.2 Å². The van der Waals surface area contributed by atoms with Crippen LogP contribution in [0.25, 0.3) is 0 Å². The molecule has 0 saturated heterocycles. The lowest BCUT2D eigenvalue weighted by atomic mass is 9.94. The number of thiocarbonyl (C=S) groups is 1. The summed E-state index contributed by atoms with van der Waals surface area (Å²) in [7, 11) is 0. The molecule has 1 heterocycles. The van der Waals surface area contributed by atoms with E-state index in [4.69, 9.17) is 22.7 Å². The fourth-order valence-corrected chi connectivity index (χ4v) is 2.83. The summed E-state index contributed by atoms with van der Waals surface area (Å²) in [6.07, 6.45) is 0.794. The summed E-state index contributed by atoms with van der Waals surface area (Å²) in [4.78, 5) is 14.8. The molecule has 1 atom stereocenters. The summed E-state index contributed by atoms with van der Waals surface area (Å²) in [5, 5.41) is 0. The zero-order valence-corrected chi connectivity index (χ0v) is 12.7. The van der Waals surface area contributed by atoms with E-state index in [1.54, 1.807) is 4.90 Å². The number of para-hydroxylation sites is 2. The quantitative estimate of drug-likeness (QED) is 0.869. The molecule has 1 unspecified atom stereocenters. The molecule has 1 aliphatic rings. The van der Waals surface area contributed by atoms with Crippen molar-refractivity contribution in [3.05, 3.63) is 24.3 Å². The molecule has 5 heteroatoms. The second kappa shape index (κ2) is 6.22. The van der Waals surface area contributed by atoms with Gasteiger partial charge < -0.3 is 15.4 Å². The maximum absolute atomic E-state index is 12.8. The molecule has 1 amide bonds. The van der Waals surface area contributed by atoms with Crippen molar-refractivity contribution in [3.8, 4) is 5.75 Å². The third kappa shape index (κ3) is 2.93. The fraction of sp³-hybridized carbons (Fsp3) is 0.467. The number of ether oxygens (including phenoxy) is 1. The van der Waals surface area contributed by atoms with E-state index in [-0.39, 0.29) is 16.8 Å². The molecule has 0 aliphatic carbocycles. The second-order valence-electron chi connectivity index (χ2n) is 5.28. The van der Waals surface area contributed by atoms with Gasteiger partial charge in [-0.25, -0.2) is 0 Å². The number of hydrogen-bond acceptors (Lipinski definition) is 3. The number of amides is 1. The van der Waals surface area contributed by atoms with Crippen molar-refractivity contribution >= 4 is 28.8 Å². The minimum Gasteiger partial charge on any atom is -0.491 e. The highest BCUT2D eigenvalue weighted by Crippen LogP contribution is 2.32. The van der Waals surface area contributed by atoms with Crippen molar-refractivity contribution in [1.82, 2.24) is 0 Å². The van der Waals surface area contributed by atoms with Crippen LogP contribution in [-0.2, 0) is 4.79 Å². The molecule has 0 fully saturated rings. The Hall–Kier alpha value is -1.62. The van der Waals surface area contributed by atoms with E-state index < -0.39 is 5.92 Å². The van der Waals surface area contributed by atoms with Crippen molar-refractivity contribution < 1.29 is 9.53 Å². The first-order valence-corrected chi connectivity index (χ1v) is 7.25. The first kappa shape index (κ1) is 14.8. The third-order valence-electron chi connectivity index (χ3n) is 3.44. The minimum atomic E-state index is -0.434. The lowest BCUT2D eigenvalue weighted by Gasteiger charge is -2.28. The van der Waals surface area contributed by atoms with Gasteiger partial charge in [0.25, 0.3) is 0 Å². The Morgan fingerprint density at radius 2 is 2.10 bits per heavy atom. The number of benzene rings is 1. The second-order valence-corrected chi connectivity index (χ2v) is 5.76. The van der Waals surface area contributed by atoms with E-state index in [1.807, 2.05) is 38.1 Å². The monoisotopic (exact) mass is 292 g/mol. The Bertz CT molecular complexity index is 516. The van der Waals surface area contributed by atoms with Crippen LogP contribution in [0.2, 0.25) is 0 Å². The fourth-order valence-electron chi connectivity index (χ4n) is 2.46. The molecular weight excluding hydrogens is 272 g/mol. The van der Waals surface area contributed by atoms with E-state index >= 15 is 0 Å². The normalized spacial score (nSPS) is 16.1. The van der Waals surface area contributed by atoms with Gasteiger partial charge in [0.15, 0.2) is 0 Å². The van der Waals surface area contributed by atoms with Crippen LogP contribution in [0.5, 0.6) is 5.75 Å². The van der Waals surface area contributed by atoms with E-state index in [9.17, 15) is 4.79 Å². The zero-order chi connectivity index (χ0) is 14.7. The van der Waals surface area contributed by atoms with Crippen molar-refractivity contribution in [1.29, 1.82) is 0 Å². The van der Waals surface area contributed by atoms with Crippen LogP contribution in [0.4, 0.5) is 5.69 Å². The lowest BCUT2D eigenvalue weighted by Crippen LogP contribution is -2.44. The number of anilines is 1. The van der Waals surface area contributed by atoms with Gasteiger partial charge in [0, 0.05) is 6.54 Å². The Kier molecular flexibility index (Phi) is 4.60. The van der Waals surface area contributed by atoms with Crippen LogP contribution < -0.4 is 15.4 Å². The van der Waals surface area contributed by atoms with Crippen molar-refractivity contribution in [2.24, 2.45) is 17.6 Å². The Morgan fingerprint density at radius 1 is 1.40 bits per heavy atom. The standard InChI is InChI=1S/C15H20N2O2S/c1-10(2)13(14(16)20)15(18)17-8-5-9-19-12-7-4-3-6-11(12)17/h3-4,6-7,10,13H,5,8-9H2,1-2H3,(H2,16,20). The molecule has 2 rings (SSSR count). The van der Waals surface area contributed by atoms with Crippen molar-refractivity contribution in [2.75, 3.05) is 18.1 Å². The maximum Gasteiger partial charge on any atom is 0.237 e. The van der Waals surface area contributed by atoms with Crippen LogP contribution >= 0.6 is 12.2 Å². The van der Waals surface area contributed by atoms with E-state index in [0.717, 1.165) is 17.9 Å².